The minimum Gasteiger partial charge on any atom is -0.387 e. The zero-order valence-electron chi connectivity index (χ0n) is 25.7. The van der Waals surface area contributed by atoms with Crippen molar-refractivity contribution in [3.05, 3.63) is 72.2 Å². The number of hydrogen-bond acceptors (Lipinski definition) is 8. The fraction of sp³-hybridized carbons (Fsp3) is 0.562. The fourth-order valence-corrected chi connectivity index (χ4v) is 6.39. The molecule has 2 aliphatic carbocycles. The third kappa shape index (κ3) is 8.94. The van der Waals surface area contributed by atoms with E-state index in [0.717, 1.165) is 25.7 Å². The summed E-state index contributed by atoms with van der Waals surface area (Å²) in [5.41, 5.74) is 0.201. The third-order valence-electron chi connectivity index (χ3n) is 8.06. The Labute approximate surface area is 259 Å². The van der Waals surface area contributed by atoms with Crippen LogP contribution in [0.15, 0.2) is 72.2 Å². The van der Waals surface area contributed by atoms with E-state index in [1.807, 2.05) is 79.7 Å². The first kappa shape index (κ1) is 35.1. The van der Waals surface area contributed by atoms with Crippen molar-refractivity contribution >= 4 is 11.6 Å². The molecule has 0 atom stereocenters. The van der Waals surface area contributed by atoms with Crippen molar-refractivity contribution in [2.45, 2.75) is 115 Å². The van der Waals surface area contributed by atoms with E-state index >= 15 is 0 Å². The number of allylic oxidation sites excluding steroid dienone is 10. The maximum absolute atomic E-state index is 11.7. The molecule has 2 aliphatic heterocycles. The molecule has 0 radical (unpaired) electrons. The molecule has 0 spiro atoms. The van der Waals surface area contributed by atoms with Gasteiger partial charge in [-0.3, -0.25) is 9.59 Å². The maximum Gasteiger partial charge on any atom is 0.187 e. The van der Waals surface area contributed by atoms with E-state index < -0.39 is 0 Å². The third-order valence-corrected chi connectivity index (χ3v) is 8.06. The SMILES string of the molecule is CC1(C)CC(N/C=C2/C=CC=CC2=O)CC(C)(C)N1O.CC1(C)CC(N/C=C2/C=CC=CC2=O)CC(C)(C)N1O.[Pd]. The molecule has 0 unspecified atom stereocenters. The summed E-state index contributed by atoms with van der Waals surface area (Å²) in [6, 6.07) is 0.478. The van der Waals surface area contributed by atoms with Crippen LogP contribution in [-0.4, -0.2) is 66.3 Å². The van der Waals surface area contributed by atoms with E-state index in [1.54, 1.807) is 36.7 Å². The smallest absolute Gasteiger partial charge is 0.187 e. The van der Waals surface area contributed by atoms with Gasteiger partial charge in [-0.1, -0.05) is 24.3 Å². The quantitative estimate of drug-likeness (QED) is 0.244. The average molecular weight is 659 g/mol. The molecule has 0 aromatic heterocycles. The summed E-state index contributed by atoms with van der Waals surface area (Å²) in [4.78, 5) is 23.4. The number of hydrogen-bond donors (Lipinski definition) is 4. The first-order valence-electron chi connectivity index (χ1n) is 14.1. The summed E-state index contributed by atoms with van der Waals surface area (Å²) in [5, 5.41) is 30.1. The number of hydroxylamine groups is 4. The van der Waals surface area contributed by atoms with Crippen molar-refractivity contribution in [1.82, 2.24) is 20.8 Å². The van der Waals surface area contributed by atoms with Gasteiger partial charge < -0.3 is 21.0 Å². The Kier molecular flexibility index (Phi) is 11.5. The van der Waals surface area contributed by atoms with Gasteiger partial charge in [0.2, 0.25) is 0 Å². The van der Waals surface area contributed by atoms with E-state index in [9.17, 15) is 20.0 Å². The zero-order chi connectivity index (χ0) is 29.9. The molecule has 4 aliphatic rings. The van der Waals surface area contributed by atoms with Gasteiger partial charge in [0.15, 0.2) is 11.6 Å². The van der Waals surface area contributed by atoms with Gasteiger partial charge >= 0.3 is 0 Å². The second-order valence-corrected chi connectivity index (χ2v) is 13.8. The van der Waals surface area contributed by atoms with Crippen molar-refractivity contribution < 1.29 is 40.4 Å². The van der Waals surface area contributed by atoms with Crippen molar-refractivity contribution in [2.75, 3.05) is 0 Å². The van der Waals surface area contributed by atoms with Crippen LogP contribution in [0, 0.1) is 0 Å². The summed E-state index contributed by atoms with van der Waals surface area (Å²) in [7, 11) is 0. The van der Waals surface area contributed by atoms with Crippen LogP contribution < -0.4 is 10.6 Å². The minimum absolute atomic E-state index is 0. The van der Waals surface area contributed by atoms with Crippen LogP contribution in [0.3, 0.4) is 0 Å². The number of piperidine rings is 2. The van der Waals surface area contributed by atoms with Gasteiger partial charge in [0.1, 0.15) is 0 Å². The summed E-state index contributed by atoms with van der Waals surface area (Å²) in [5.74, 6) is 0.0521. The predicted molar refractivity (Wildman–Crippen MR) is 159 cm³/mol. The van der Waals surface area contributed by atoms with E-state index in [-0.39, 0.29) is 66.2 Å². The summed E-state index contributed by atoms with van der Waals surface area (Å²) >= 11 is 0. The van der Waals surface area contributed by atoms with E-state index in [4.69, 9.17) is 0 Å². The van der Waals surface area contributed by atoms with Crippen LogP contribution in [-0.2, 0) is 30.0 Å². The van der Waals surface area contributed by atoms with Gasteiger partial charge in [-0.2, -0.15) is 10.1 Å². The molecule has 230 valence electrons. The van der Waals surface area contributed by atoms with Crippen molar-refractivity contribution in [3.63, 3.8) is 0 Å². The first-order valence-corrected chi connectivity index (χ1v) is 14.1. The monoisotopic (exact) mass is 658 g/mol. The molecule has 8 nitrogen and oxygen atoms in total. The standard InChI is InChI=1S/2C16H24N2O2.Pd/c2*1-15(2)9-13(10-16(3,4)18(15)20)17-11-12-7-5-6-8-14(12)19;/h2*5-8,11,13,17,20H,9-10H2,1-4H3;/b2*12-11-;. The van der Waals surface area contributed by atoms with E-state index in [2.05, 4.69) is 10.6 Å². The van der Waals surface area contributed by atoms with Crippen molar-refractivity contribution in [3.8, 4) is 0 Å². The molecule has 41 heavy (non-hydrogen) atoms. The van der Waals surface area contributed by atoms with Crippen LogP contribution in [0.4, 0.5) is 0 Å². The molecule has 2 saturated heterocycles. The zero-order valence-corrected chi connectivity index (χ0v) is 27.2. The van der Waals surface area contributed by atoms with E-state index in [0.29, 0.717) is 11.1 Å². The fourth-order valence-electron chi connectivity index (χ4n) is 6.39. The van der Waals surface area contributed by atoms with E-state index in [1.165, 1.54) is 10.1 Å². The molecule has 0 amide bonds. The molecule has 0 bridgehead atoms. The Morgan fingerprint density at radius 3 is 1.15 bits per heavy atom. The Bertz CT molecular complexity index is 1030. The molecule has 4 rings (SSSR count). The van der Waals surface area contributed by atoms with Crippen LogP contribution in [0.1, 0.15) is 81.1 Å². The molecule has 0 aromatic rings. The molecule has 2 heterocycles. The second-order valence-electron chi connectivity index (χ2n) is 13.8. The Balaban J connectivity index is 0.000000280. The topological polar surface area (TPSA) is 105 Å². The van der Waals surface area contributed by atoms with Crippen molar-refractivity contribution in [1.29, 1.82) is 0 Å². The molecular weight excluding hydrogens is 611 g/mol. The van der Waals surface area contributed by atoms with Crippen LogP contribution in [0.25, 0.3) is 0 Å². The average Bonchev–Trinajstić information content (AvgIpc) is 2.85. The van der Waals surface area contributed by atoms with Gasteiger partial charge in [0, 0.05) is 78.2 Å². The summed E-state index contributed by atoms with van der Waals surface area (Å²) < 4.78 is 0. The van der Waals surface area contributed by atoms with Crippen LogP contribution >= 0.6 is 0 Å². The maximum atomic E-state index is 11.7. The number of nitrogens with zero attached hydrogens (tertiary/aromatic N) is 2. The Hall–Kier alpha value is -2.12. The Morgan fingerprint density at radius 2 is 0.878 bits per heavy atom. The number of nitrogens with one attached hydrogen (secondary N) is 2. The van der Waals surface area contributed by atoms with Gasteiger partial charge in [-0.05, 0) is 105 Å². The normalized spacial score (nSPS) is 27.4. The van der Waals surface area contributed by atoms with Crippen molar-refractivity contribution in [2.24, 2.45) is 0 Å². The molecular formula is C32H48N4O4Pd. The van der Waals surface area contributed by atoms with Crippen LogP contribution in [0.5, 0.6) is 0 Å². The number of carbonyl (C=O) groups is 2. The molecule has 0 saturated carbocycles. The largest absolute Gasteiger partial charge is 0.387 e. The molecule has 9 heteroatoms. The number of rotatable bonds is 4. The molecule has 4 N–H and O–H groups in total. The minimum atomic E-state index is -0.287. The van der Waals surface area contributed by atoms with Crippen LogP contribution in [0.2, 0.25) is 0 Å². The van der Waals surface area contributed by atoms with Gasteiger partial charge in [0.25, 0.3) is 0 Å². The first-order chi connectivity index (χ1) is 18.4. The molecule has 2 fully saturated rings. The summed E-state index contributed by atoms with van der Waals surface area (Å²) in [6.07, 6.45) is 20.9. The predicted octanol–water partition coefficient (Wildman–Crippen LogP) is 5.13. The molecule has 0 aromatic carbocycles. The number of carbonyl (C=O) groups excluding carboxylic acids is 2. The summed E-state index contributed by atoms with van der Waals surface area (Å²) in [6.45, 7) is 16.3. The van der Waals surface area contributed by atoms with Gasteiger partial charge in [-0.15, -0.1) is 0 Å². The van der Waals surface area contributed by atoms with Gasteiger partial charge in [-0.25, -0.2) is 0 Å². The van der Waals surface area contributed by atoms with Gasteiger partial charge in [0.05, 0.1) is 0 Å². The second kappa shape index (κ2) is 13.5. The Morgan fingerprint density at radius 1 is 0.610 bits per heavy atom. The number of ketones is 2.